The fourth-order valence-corrected chi connectivity index (χ4v) is 5.55. The van der Waals surface area contributed by atoms with Crippen molar-refractivity contribution >= 4 is 33.2 Å². The van der Waals surface area contributed by atoms with Crippen LogP contribution >= 0.6 is 23.2 Å². The van der Waals surface area contributed by atoms with Crippen LogP contribution in [0.25, 0.3) is 5.69 Å². The number of nitrogens with one attached hydrogen (secondary N) is 3. The Kier molecular flexibility index (Phi) is 7.57. The van der Waals surface area contributed by atoms with Gasteiger partial charge in [-0.05, 0) is 44.2 Å². The second-order valence-electron chi connectivity index (χ2n) is 8.10. The molecule has 1 aliphatic carbocycles. The molecule has 1 aromatic heterocycles. The van der Waals surface area contributed by atoms with Gasteiger partial charge in [-0.3, -0.25) is 9.78 Å². The van der Waals surface area contributed by atoms with Crippen molar-refractivity contribution in [3.05, 3.63) is 66.9 Å². The van der Waals surface area contributed by atoms with Crippen LogP contribution < -0.4 is 26.0 Å². The van der Waals surface area contributed by atoms with Crippen molar-refractivity contribution in [3.63, 3.8) is 0 Å². The lowest BCUT2D eigenvalue weighted by atomic mass is 9.88. The number of nitrogens with zero attached hydrogens (tertiary/aromatic N) is 2. The lowest BCUT2D eigenvalue weighted by molar-refractivity contribution is 0.141. The number of aromatic amines is 1. The average Bonchev–Trinajstić information content (AvgIpc) is 2.79. The van der Waals surface area contributed by atoms with E-state index < -0.39 is 44.0 Å². The zero-order valence-electron chi connectivity index (χ0n) is 18.8. The van der Waals surface area contributed by atoms with Gasteiger partial charge in [-0.15, -0.1) is 0 Å². The number of hydrogen-bond donors (Lipinski definition) is 4. The third kappa shape index (κ3) is 5.62. The van der Waals surface area contributed by atoms with Crippen molar-refractivity contribution in [1.29, 1.82) is 0 Å². The second kappa shape index (κ2) is 10.4. The third-order valence-corrected chi connectivity index (χ3v) is 7.71. The second-order valence-corrected chi connectivity index (χ2v) is 10.6. The quantitative estimate of drug-likeness (QED) is 0.318. The number of aromatic hydroxyl groups is 1. The van der Waals surface area contributed by atoms with Crippen LogP contribution in [0.15, 0.2) is 44.8 Å². The summed E-state index contributed by atoms with van der Waals surface area (Å²) in [6, 6.07) is 5.63. The van der Waals surface area contributed by atoms with Crippen LogP contribution in [0.5, 0.6) is 17.2 Å². The minimum Gasteiger partial charge on any atom is -0.507 e. The highest BCUT2D eigenvalue weighted by molar-refractivity contribution is 7.89. The van der Waals surface area contributed by atoms with Gasteiger partial charge in [0.25, 0.3) is 12.0 Å². The van der Waals surface area contributed by atoms with E-state index in [1.165, 1.54) is 6.07 Å². The summed E-state index contributed by atoms with van der Waals surface area (Å²) in [6.07, 6.45) is -2.06. The molecular formula is C21H19Cl2F2N5O6S. The first-order valence-electron chi connectivity index (χ1n) is 10.6. The number of hydrogen-bond acceptors (Lipinski definition) is 8. The maximum Gasteiger partial charge on any atom is 0.349 e. The fraction of sp³-hybridized carbons (Fsp3) is 0.286. The molecule has 16 heteroatoms. The Morgan fingerprint density at radius 2 is 1.81 bits per heavy atom. The first-order chi connectivity index (χ1) is 17.4. The number of H-pyrrole nitrogens is 1. The van der Waals surface area contributed by atoms with E-state index >= 15 is 0 Å². The smallest absolute Gasteiger partial charge is 0.349 e. The summed E-state index contributed by atoms with van der Waals surface area (Å²) in [5.41, 5.74) is -3.77. The predicted octanol–water partition coefficient (Wildman–Crippen LogP) is 2.69. The molecule has 0 atom stereocenters. The summed E-state index contributed by atoms with van der Waals surface area (Å²) in [7, 11) is -2.31. The summed E-state index contributed by atoms with van der Waals surface area (Å²) in [6.45, 7) is 0. The number of alkyl halides is 2. The zero-order chi connectivity index (χ0) is 27.1. The number of halogens is 4. The minimum atomic E-state index is -4.09. The Morgan fingerprint density at radius 1 is 1.16 bits per heavy atom. The van der Waals surface area contributed by atoms with Gasteiger partial charge in [0.2, 0.25) is 10.0 Å². The Hall–Kier alpha value is -3.04. The van der Waals surface area contributed by atoms with Crippen molar-refractivity contribution < 1.29 is 27.0 Å². The standard InChI is InChI=1S/C21H19Cl2F2N5O6S/c1-26-9-4-10(5-9)29-37(34,35)16-8-12(2-3-15(16)31)36-18-13(22)6-11(7-14(18)23)30-21(33)27-20(32)17(28-30)19(24)25/h2-3,6-10,19,26,29,31H,4-5H2,1H3,(H,27,32,33). The summed E-state index contributed by atoms with van der Waals surface area (Å²) >= 11 is 12.5. The van der Waals surface area contributed by atoms with Gasteiger partial charge in [-0.25, -0.2) is 26.7 Å². The van der Waals surface area contributed by atoms with Crippen molar-refractivity contribution in [3.8, 4) is 22.9 Å². The van der Waals surface area contributed by atoms with Crippen LogP contribution in [0.3, 0.4) is 0 Å². The van der Waals surface area contributed by atoms with Crippen molar-refractivity contribution in [2.45, 2.75) is 36.2 Å². The molecule has 1 aliphatic rings. The van der Waals surface area contributed by atoms with Gasteiger partial charge in [0.15, 0.2) is 11.4 Å². The SMILES string of the molecule is CNC1CC(NS(=O)(=O)c2cc(Oc3c(Cl)cc(-n4nc(C(F)F)c(=O)[nH]c4=O)cc3Cl)ccc2O)C1. The van der Waals surface area contributed by atoms with E-state index in [2.05, 4.69) is 15.1 Å². The van der Waals surface area contributed by atoms with E-state index in [0.29, 0.717) is 17.5 Å². The van der Waals surface area contributed by atoms with E-state index in [0.717, 1.165) is 24.3 Å². The number of sulfonamides is 1. The van der Waals surface area contributed by atoms with Gasteiger partial charge in [0.1, 0.15) is 16.4 Å². The van der Waals surface area contributed by atoms with Crippen LogP contribution in [-0.2, 0) is 10.0 Å². The summed E-state index contributed by atoms with van der Waals surface area (Å²) in [5, 5.41) is 16.2. The summed E-state index contributed by atoms with van der Waals surface area (Å²) in [4.78, 5) is 25.0. The normalized spacial score (nSPS) is 17.6. The molecule has 0 unspecified atom stereocenters. The molecule has 0 aliphatic heterocycles. The molecule has 2 aromatic carbocycles. The van der Waals surface area contributed by atoms with E-state index in [9.17, 15) is 31.9 Å². The van der Waals surface area contributed by atoms with Gasteiger partial charge in [-0.1, -0.05) is 23.2 Å². The summed E-state index contributed by atoms with van der Waals surface area (Å²) in [5.74, 6) is -0.706. The minimum absolute atomic E-state index is 0.0456. The highest BCUT2D eigenvalue weighted by atomic mass is 35.5. The molecule has 4 N–H and O–H groups in total. The number of phenols is 1. The van der Waals surface area contributed by atoms with Crippen molar-refractivity contribution in [2.75, 3.05) is 7.05 Å². The van der Waals surface area contributed by atoms with Gasteiger partial charge in [-0.2, -0.15) is 9.78 Å². The molecular weight excluding hydrogens is 559 g/mol. The molecule has 37 heavy (non-hydrogen) atoms. The number of aromatic nitrogens is 3. The highest BCUT2D eigenvalue weighted by Crippen LogP contribution is 2.39. The molecule has 3 aromatic rings. The first kappa shape index (κ1) is 27.0. The first-order valence-corrected chi connectivity index (χ1v) is 12.8. The van der Waals surface area contributed by atoms with Crippen LogP contribution in [-0.4, -0.2) is 47.4 Å². The van der Waals surface area contributed by atoms with Crippen molar-refractivity contribution in [1.82, 2.24) is 24.8 Å². The number of phenolic OH excluding ortho intramolecular Hbond substituents is 1. The van der Waals surface area contributed by atoms with E-state index in [-0.39, 0.29) is 39.3 Å². The van der Waals surface area contributed by atoms with Crippen LogP contribution in [0.4, 0.5) is 8.78 Å². The molecule has 0 saturated heterocycles. The highest BCUT2D eigenvalue weighted by Gasteiger charge is 2.33. The molecule has 0 bridgehead atoms. The fourth-order valence-electron chi connectivity index (χ4n) is 3.62. The van der Waals surface area contributed by atoms with Gasteiger partial charge in [0.05, 0.1) is 15.7 Å². The Morgan fingerprint density at radius 3 is 2.41 bits per heavy atom. The molecule has 1 fully saturated rings. The predicted molar refractivity (Wildman–Crippen MR) is 130 cm³/mol. The van der Waals surface area contributed by atoms with Gasteiger partial charge in [0, 0.05) is 18.2 Å². The van der Waals surface area contributed by atoms with E-state index in [4.69, 9.17) is 27.9 Å². The number of ether oxygens (including phenoxy) is 1. The molecule has 4 rings (SSSR count). The maximum absolute atomic E-state index is 13.1. The molecule has 11 nitrogen and oxygen atoms in total. The van der Waals surface area contributed by atoms with Crippen LogP contribution in [0.2, 0.25) is 10.0 Å². The van der Waals surface area contributed by atoms with Gasteiger partial charge >= 0.3 is 5.69 Å². The molecule has 0 spiro atoms. The van der Waals surface area contributed by atoms with E-state index in [1.807, 2.05) is 0 Å². The Balaban J connectivity index is 1.63. The molecule has 0 radical (unpaired) electrons. The molecule has 198 valence electrons. The maximum atomic E-state index is 13.1. The van der Waals surface area contributed by atoms with E-state index in [1.54, 1.807) is 12.0 Å². The number of rotatable bonds is 8. The Bertz CT molecular complexity index is 1550. The largest absolute Gasteiger partial charge is 0.507 e. The lowest BCUT2D eigenvalue weighted by Crippen LogP contribution is -2.51. The monoisotopic (exact) mass is 577 g/mol. The van der Waals surface area contributed by atoms with Crippen LogP contribution in [0.1, 0.15) is 25.0 Å². The molecule has 1 heterocycles. The topological polar surface area (TPSA) is 155 Å². The lowest BCUT2D eigenvalue weighted by Gasteiger charge is -2.35. The number of benzene rings is 2. The molecule has 1 saturated carbocycles. The van der Waals surface area contributed by atoms with Crippen LogP contribution in [0, 0.1) is 0 Å². The Labute approximate surface area is 218 Å². The zero-order valence-corrected chi connectivity index (χ0v) is 21.2. The third-order valence-electron chi connectivity index (χ3n) is 5.60. The molecule has 0 amide bonds. The van der Waals surface area contributed by atoms with Crippen molar-refractivity contribution in [2.24, 2.45) is 0 Å². The average molecular weight is 578 g/mol. The van der Waals surface area contributed by atoms with Gasteiger partial charge < -0.3 is 15.2 Å². The summed E-state index contributed by atoms with van der Waals surface area (Å²) < 4.78 is 60.4.